The predicted octanol–water partition coefficient (Wildman–Crippen LogP) is 4.70. The topological polar surface area (TPSA) is 111 Å². The number of carbonyl (C=O) groups excluding carboxylic acids is 1. The molecule has 0 aliphatic rings. The van der Waals surface area contributed by atoms with E-state index in [9.17, 15) is 23.5 Å². The number of carboxylic acids is 1. The number of hydrogen-bond donors (Lipinski definition) is 5. The van der Waals surface area contributed by atoms with E-state index in [-0.39, 0.29) is 11.0 Å². The van der Waals surface area contributed by atoms with Crippen molar-refractivity contribution in [1.82, 2.24) is 16.0 Å². The van der Waals surface area contributed by atoms with Gasteiger partial charge in [0.05, 0.1) is 5.56 Å². The Morgan fingerprint density at radius 2 is 1.27 bits per heavy atom. The summed E-state index contributed by atoms with van der Waals surface area (Å²) in [7, 11) is 6.95. The summed E-state index contributed by atoms with van der Waals surface area (Å²) >= 11 is 0. The van der Waals surface area contributed by atoms with Gasteiger partial charge in [-0.05, 0) is 51.8 Å². The van der Waals surface area contributed by atoms with Gasteiger partial charge in [0.25, 0.3) is 5.91 Å². The van der Waals surface area contributed by atoms with Gasteiger partial charge in [0, 0.05) is 6.54 Å². The number of nitrogens with one attached hydrogen (secondary N) is 3. The first-order valence-corrected chi connectivity index (χ1v) is 15.1. The van der Waals surface area contributed by atoms with Gasteiger partial charge in [0.1, 0.15) is 20.1 Å². The van der Waals surface area contributed by atoms with E-state index in [1.807, 2.05) is 0 Å². The van der Waals surface area contributed by atoms with Gasteiger partial charge in [-0.15, -0.1) is 0 Å². The van der Waals surface area contributed by atoms with Gasteiger partial charge < -0.3 is 20.8 Å². The Kier molecular flexibility index (Phi) is 20.4. The van der Waals surface area contributed by atoms with E-state index in [1.165, 1.54) is 63.5 Å². The number of halogens is 2. The number of amides is 1. The molecular formula is C30H50BF2N3O4. The fourth-order valence-corrected chi connectivity index (χ4v) is 4.68. The van der Waals surface area contributed by atoms with E-state index in [0.29, 0.717) is 19.5 Å². The molecule has 10 heteroatoms. The highest BCUT2D eigenvalue weighted by molar-refractivity contribution is 6.32. The number of aliphatic carboxylic acids is 1. The number of carboxylic acid groups (broad SMARTS) is 1. The molecule has 2 atom stereocenters. The second-order valence-electron chi connectivity index (χ2n) is 10.6. The molecule has 1 aromatic carbocycles. The number of unbranched alkanes of at least 4 members (excludes halogenated alkanes) is 13. The van der Waals surface area contributed by atoms with Crippen LogP contribution in [0.5, 0.6) is 0 Å². The zero-order valence-corrected chi connectivity index (χ0v) is 24.3. The summed E-state index contributed by atoms with van der Waals surface area (Å²) in [6.45, 7) is 1.14. The van der Waals surface area contributed by atoms with Crippen LogP contribution in [0.3, 0.4) is 0 Å². The van der Waals surface area contributed by atoms with Crippen molar-refractivity contribution in [2.75, 3.05) is 20.1 Å². The van der Waals surface area contributed by atoms with E-state index >= 15 is 0 Å². The molecule has 0 saturated carbocycles. The summed E-state index contributed by atoms with van der Waals surface area (Å²) in [4.78, 5) is 22.9. The third-order valence-corrected chi connectivity index (χ3v) is 7.24. The average molecular weight is 566 g/mol. The zero-order chi connectivity index (χ0) is 29.6. The molecule has 0 spiro atoms. The van der Waals surface area contributed by atoms with Crippen LogP contribution < -0.4 is 21.4 Å². The van der Waals surface area contributed by atoms with E-state index in [2.05, 4.69) is 16.0 Å². The molecule has 0 heterocycles. The van der Waals surface area contributed by atoms with Crippen LogP contribution in [0.1, 0.15) is 120 Å². The summed E-state index contributed by atoms with van der Waals surface area (Å²) in [6.07, 6.45) is 17.4. The number of likely N-dealkylation sites (N-methyl/N-ethyl adjacent to an activating group) is 1. The molecule has 5 N–H and O–H groups in total. The van der Waals surface area contributed by atoms with Crippen molar-refractivity contribution in [1.29, 1.82) is 0 Å². The smallest absolute Gasteiger partial charge is 0.320 e. The Balaban J connectivity index is 1.84. The molecule has 0 bridgehead atoms. The first-order chi connectivity index (χ1) is 19.3. The molecule has 1 aromatic rings. The number of aliphatic hydroxyl groups excluding tert-OH is 1. The number of hydrogen-bond acceptors (Lipinski definition) is 5. The van der Waals surface area contributed by atoms with E-state index in [0.717, 1.165) is 51.4 Å². The van der Waals surface area contributed by atoms with Crippen molar-refractivity contribution in [2.45, 2.75) is 121 Å². The molecule has 0 aliphatic carbocycles. The molecule has 226 valence electrons. The molecule has 0 fully saturated rings. The third-order valence-electron chi connectivity index (χ3n) is 7.24. The van der Waals surface area contributed by atoms with Crippen molar-refractivity contribution in [2.24, 2.45) is 0 Å². The Bertz CT molecular complexity index is 847. The zero-order valence-electron chi connectivity index (χ0n) is 24.3. The number of rotatable bonds is 25. The standard InChI is InChI=1S/C30H50BF2N3O4/c1-34-25(30(39)40)17-14-16-21-35-26(37)18-13-11-9-7-5-3-2-4-6-8-10-12-15-22-36-29(38)23-19-20-24(31)28(33)27(23)32/h19-20,25-26,34-35,37H,2-18,21-22H2,1H3,(H,36,38)(H,39,40). The average Bonchev–Trinajstić information content (AvgIpc) is 2.93. The SMILES string of the molecule is [B]c1ccc(C(=O)NCCCCCCCCCCCCCCCC(O)NCCCCC(NC)C(=O)O)c(F)c1F. The Hall–Kier alpha value is -2.04. The minimum atomic E-state index is -1.20. The first kappa shape index (κ1) is 36.0. The maximum atomic E-state index is 13.8. The summed E-state index contributed by atoms with van der Waals surface area (Å²) in [6, 6.07) is 1.90. The molecular weight excluding hydrogens is 515 g/mol. The molecule has 2 radical (unpaired) electrons. The van der Waals surface area contributed by atoms with E-state index < -0.39 is 35.8 Å². The fourth-order valence-electron chi connectivity index (χ4n) is 4.68. The third kappa shape index (κ3) is 16.3. The molecule has 7 nitrogen and oxygen atoms in total. The molecule has 1 amide bonds. The van der Waals surface area contributed by atoms with Crippen LogP contribution in [-0.2, 0) is 4.79 Å². The lowest BCUT2D eigenvalue weighted by Crippen LogP contribution is -2.34. The van der Waals surface area contributed by atoms with Crippen molar-refractivity contribution in [3.05, 3.63) is 29.3 Å². The van der Waals surface area contributed by atoms with Crippen molar-refractivity contribution in [3.8, 4) is 0 Å². The minimum Gasteiger partial charge on any atom is -0.480 e. The Morgan fingerprint density at radius 3 is 1.82 bits per heavy atom. The molecule has 0 aliphatic heterocycles. The number of aliphatic hydroxyl groups is 1. The van der Waals surface area contributed by atoms with Gasteiger partial charge in [-0.2, -0.15) is 0 Å². The quantitative estimate of drug-likeness (QED) is 0.0668. The van der Waals surface area contributed by atoms with Crippen LogP contribution >= 0.6 is 0 Å². The van der Waals surface area contributed by atoms with Crippen molar-refractivity contribution in [3.63, 3.8) is 0 Å². The number of benzene rings is 1. The van der Waals surface area contributed by atoms with Crippen LogP contribution in [0.4, 0.5) is 8.78 Å². The maximum Gasteiger partial charge on any atom is 0.320 e. The monoisotopic (exact) mass is 565 g/mol. The largest absolute Gasteiger partial charge is 0.480 e. The van der Waals surface area contributed by atoms with Crippen LogP contribution in [0, 0.1) is 11.6 Å². The highest BCUT2D eigenvalue weighted by atomic mass is 19.2. The fraction of sp³-hybridized carbons (Fsp3) is 0.733. The van der Waals surface area contributed by atoms with Gasteiger partial charge >= 0.3 is 5.97 Å². The van der Waals surface area contributed by atoms with Gasteiger partial charge in [-0.25, -0.2) is 8.78 Å². The Labute approximate surface area is 240 Å². The lowest BCUT2D eigenvalue weighted by atomic mass is 9.94. The van der Waals surface area contributed by atoms with Gasteiger partial charge in [-0.1, -0.05) is 88.6 Å². The van der Waals surface area contributed by atoms with Crippen LogP contribution in [-0.4, -0.2) is 62.3 Å². The maximum absolute atomic E-state index is 13.8. The summed E-state index contributed by atoms with van der Waals surface area (Å²) < 4.78 is 27.3. The molecule has 40 heavy (non-hydrogen) atoms. The molecule has 0 saturated heterocycles. The van der Waals surface area contributed by atoms with Crippen LogP contribution in [0.15, 0.2) is 12.1 Å². The Morgan fingerprint density at radius 1 is 0.775 bits per heavy atom. The second kappa shape index (κ2) is 22.6. The van der Waals surface area contributed by atoms with Gasteiger partial charge in [0.15, 0.2) is 11.6 Å². The van der Waals surface area contributed by atoms with Crippen molar-refractivity contribution >= 4 is 25.2 Å². The number of carbonyl (C=O) groups is 2. The molecule has 2 unspecified atom stereocenters. The molecule has 1 rings (SSSR count). The normalized spacial score (nSPS) is 12.8. The van der Waals surface area contributed by atoms with Crippen LogP contribution in [0.25, 0.3) is 0 Å². The highest BCUT2D eigenvalue weighted by Gasteiger charge is 2.16. The summed E-state index contributed by atoms with van der Waals surface area (Å²) in [5.41, 5.74) is -0.628. The lowest BCUT2D eigenvalue weighted by molar-refractivity contribution is -0.139. The summed E-state index contributed by atoms with van der Waals surface area (Å²) in [5, 5.41) is 27.5. The summed E-state index contributed by atoms with van der Waals surface area (Å²) in [5.74, 6) is -3.83. The predicted molar refractivity (Wildman–Crippen MR) is 157 cm³/mol. The first-order valence-electron chi connectivity index (χ1n) is 15.1. The van der Waals surface area contributed by atoms with Crippen molar-refractivity contribution < 1.29 is 28.6 Å². The van der Waals surface area contributed by atoms with Crippen LogP contribution in [0.2, 0.25) is 0 Å². The van der Waals surface area contributed by atoms with Gasteiger partial charge in [-0.3, -0.25) is 14.9 Å². The highest BCUT2D eigenvalue weighted by Crippen LogP contribution is 2.14. The van der Waals surface area contributed by atoms with E-state index in [1.54, 1.807) is 7.05 Å². The molecule has 0 aromatic heterocycles. The van der Waals surface area contributed by atoms with E-state index in [4.69, 9.17) is 13.0 Å². The lowest BCUT2D eigenvalue weighted by Gasteiger charge is -2.14. The van der Waals surface area contributed by atoms with Gasteiger partial charge in [0.2, 0.25) is 0 Å². The minimum absolute atomic E-state index is 0.310. The second-order valence-corrected chi connectivity index (χ2v) is 10.6.